The molecule has 6 nitrogen and oxygen atoms in total. The van der Waals surface area contributed by atoms with Crippen LogP contribution in [0, 0.1) is 5.92 Å². The van der Waals surface area contributed by atoms with Crippen molar-refractivity contribution in [2.45, 2.75) is 24.9 Å². The molecule has 0 saturated carbocycles. The number of halogens is 3. The fourth-order valence-electron chi connectivity index (χ4n) is 2.78. The van der Waals surface area contributed by atoms with E-state index >= 15 is 0 Å². The van der Waals surface area contributed by atoms with E-state index in [-0.39, 0.29) is 0 Å². The Morgan fingerprint density at radius 2 is 1.79 bits per heavy atom. The third-order valence-electron chi connectivity index (χ3n) is 4.01. The number of carbonyl (C=O) groups is 2. The number of alkyl halides is 3. The zero-order chi connectivity index (χ0) is 18.3. The van der Waals surface area contributed by atoms with E-state index in [0.29, 0.717) is 5.56 Å². The van der Waals surface area contributed by atoms with Crippen LogP contribution >= 0.6 is 0 Å². The third-order valence-corrected chi connectivity index (χ3v) is 4.01. The van der Waals surface area contributed by atoms with Gasteiger partial charge in [0.2, 0.25) is 5.72 Å². The highest BCUT2D eigenvalue weighted by molar-refractivity contribution is 5.86. The molecule has 2 rings (SSSR count). The zero-order valence-electron chi connectivity index (χ0n) is 13.3. The van der Waals surface area contributed by atoms with Gasteiger partial charge in [-0.3, -0.25) is 4.79 Å². The lowest BCUT2D eigenvalue weighted by atomic mass is 9.79. The van der Waals surface area contributed by atoms with Gasteiger partial charge in [-0.05, 0) is 24.6 Å². The number of nitrogens with one attached hydrogen (secondary N) is 2. The van der Waals surface area contributed by atoms with Crippen molar-refractivity contribution < 1.29 is 27.9 Å². The van der Waals surface area contributed by atoms with Gasteiger partial charge >= 0.3 is 12.2 Å². The minimum absolute atomic E-state index is 0.290. The summed E-state index contributed by atoms with van der Waals surface area (Å²) in [6, 6.07) is 3.81. The lowest BCUT2D eigenvalue weighted by Crippen LogP contribution is -2.72. The first-order valence-corrected chi connectivity index (χ1v) is 7.13. The molecule has 0 unspecified atom stereocenters. The highest BCUT2D eigenvalue weighted by Gasteiger charge is 2.65. The van der Waals surface area contributed by atoms with Gasteiger partial charge in [-0.1, -0.05) is 12.1 Å². The van der Waals surface area contributed by atoms with Crippen molar-refractivity contribution in [2.24, 2.45) is 5.92 Å². The van der Waals surface area contributed by atoms with Gasteiger partial charge in [-0.15, -0.1) is 0 Å². The second-order valence-corrected chi connectivity index (χ2v) is 5.91. The van der Waals surface area contributed by atoms with Gasteiger partial charge < -0.3 is 20.6 Å². The summed E-state index contributed by atoms with van der Waals surface area (Å²) in [5.41, 5.74) is -2.55. The van der Waals surface area contributed by atoms with Gasteiger partial charge in [-0.2, -0.15) is 13.2 Å². The highest BCUT2D eigenvalue weighted by Crippen LogP contribution is 2.42. The average Bonchev–Trinajstić information content (AvgIpc) is 2.44. The largest absolute Gasteiger partial charge is 0.437 e. The molecule has 1 fully saturated rings. The number of aliphatic hydroxyl groups is 1. The molecule has 1 aromatic carbocycles. The lowest BCUT2D eigenvalue weighted by molar-refractivity contribution is -0.290. The molecule has 2 amide bonds. The standard InChI is InChI=1S/C15H18F3N3O3/c1-8(22)11-12(9-4-6-10(7-5-9)21(2)3)19-13(23)20-14(11,24)15(16,17)18/h4-7,11-12,24H,1-3H3,(H2,19,20,23)/t11-,12-,14+/m1/s1. The van der Waals surface area contributed by atoms with Crippen LogP contribution in [0.4, 0.5) is 23.7 Å². The van der Waals surface area contributed by atoms with E-state index in [0.717, 1.165) is 12.6 Å². The number of benzene rings is 1. The van der Waals surface area contributed by atoms with Crippen molar-refractivity contribution in [1.82, 2.24) is 10.6 Å². The number of urea groups is 1. The molecule has 3 atom stereocenters. The smallest absolute Gasteiger partial charge is 0.378 e. The van der Waals surface area contributed by atoms with Crippen LogP contribution in [0.3, 0.4) is 0 Å². The number of nitrogens with zero attached hydrogens (tertiary/aromatic N) is 1. The topological polar surface area (TPSA) is 81.7 Å². The Morgan fingerprint density at radius 1 is 1.25 bits per heavy atom. The van der Waals surface area contributed by atoms with Crippen LogP contribution in [0.25, 0.3) is 0 Å². The molecule has 0 aromatic heterocycles. The van der Waals surface area contributed by atoms with Crippen molar-refractivity contribution >= 4 is 17.5 Å². The van der Waals surface area contributed by atoms with Crippen molar-refractivity contribution in [3.8, 4) is 0 Å². The van der Waals surface area contributed by atoms with Gasteiger partial charge in [0.25, 0.3) is 0 Å². The number of ketones is 1. The van der Waals surface area contributed by atoms with Crippen LogP contribution in [-0.2, 0) is 4.79 Å². The molecule has 1 saturated heterocycles. The SMILES string of the molecule is CC(=O)[C@@H]1[C@@H](c2ccc(N(C)C)cc2)NC(=O)N[C@@]1(O)C(F)(F)F. The molecule has 1 heterocycles. The summed E-state index contributed by atoms with van der Waals surface area (Å²) >= 11 is 0. The normalized spacial score (nSPS) is 27.2. The maximum Gasteiger partial charge on any atom is 0.437 e. The Hall–Kier alpha value is -2.29. The van der Waals surface area contributed by atoms with Gasteiger partial charge in [0, 0.05) is 19.8 Å². The van der Waals surface area contributed by atoms with Crippen molar-refractivity contribution in [3.63, 3.8) is 0 Å². The molecular weight excluding hydrogens is 327 g/mol. The predicted molar refractivity (Wildman–Crippen MR) is 80.4 cm³/mol. The maximum absolute atomic E-state index is 13.3. The third kappa shape index (κ3) is 3.03. The Balaban J connectivity index is 2.50. The molecule has 1 aromatic rings. The highest BCUT2D eigenvalue weighted by atomic mass is 19.4. The van der Waals surface area contributed by atoms with Crippen LogP contribution in [0.5, 0.6) is 0 Å². The van der Waals surface area contributed by atoms with Crippen LogP contribution in [0.1, 0.15) is 18.5 Å². The summed E-state index contributed by atoms with van der Waals surface area (Å²) in [5.74, 6) is -2.82. The molecule has 3 N–H and O–H groups in total. The van der Waals surface area contributed by atoms with Gasteiger partial charge in [0.1, 0.15) is 5.78 Å². The van der Waals surface area contributed by atoms with E-state index in [2.05, 4.69) is 5.32 Å². The summed E-state index contributed by atoms with van der Waals surface area (Å²) in [6.07, 6.45) is -5.21. The minimum atomic E-state index is -5.21. The molecule has 132 valence electrons. The molecule has 0 bridgehead atoms. The molecule has 1 aliphatic heterocycles. The molecule has 24 heavy (non-hydrogen) atoms. The predicted octanol–water partition coefficient (Wildman–Crippen LogP) is 1.56. The number of anilines is 1. The van der Waals surface area contributed by atoms with Crippen LogP contribution in [-0.4, -0.2) is 42.9 Å². The summed E-state index contributed by atoms with van der Waals surface area (Å²) < 4.78 is 40.0. The molecule has 0 spiro atoms. The van der Waals surface area contributed by atoms with Gasteiger partial charge in [0.15, 0.2) is 0 Å². The summed E-state index contributed by atoms with van der Waals surface area (Å²) in [6.45, 7) is 0.946. The van der Waals surface area contributed by atoms with Crippen molar-refractivity contribution in [3.05, 3.63) is 29.8 Å². The number of hydrogen-bond acceptors (Lipinski definition) is 4. The van der Waals surface area contributed by atoms with E-state index in [4.69, 9.17) is 0 Å². The Morgan fingerprint density at radius 3 is 2.21 bits per heavy atom. The number of rotatable bonds is 3. The lowest BCUT2D eigenvalue weighted by Gasteiger charge is -2.44. The molecule has 0 aliphatic carbocycles. The molecule has 0 radical (unpaired) electrons. The van der Waals surface area contributed by atoms with Crippen LogP contribution in [0.2, 0.25) is 0 Å². The van der Waals surface area contributed by atoms with Crippen molar-refractivity contribution in [1.29, 1.82) is 0 Å². The monoisotopic (exact) mass is 345 g/mol. The summed E-state index contributed by atoms with van der Waals surface area (Å²) in [7, 11) is 3.59. The van der Waals surface area contributed by atoms with E-state index in [1.54, 1.807) is 31.1 Å². The zero-order valence-corrected chi connectivity index (χ0v) is 13.3. The van der Waals surface area contributed by atoms with Gasteiger partial charge in [-0.25, -0.2) is 4.79 Å². The van der Waals surface area contributed by atoms with Crippen molar-refractivity contribution in [2.75, 3.05) is 19.0 Å². The van der Waals surface area contributed by atoms with E-state index in [1.165, 1.54) is 17.4 Å². The summed E-state index contributed by atoms with van der Waals surface area (Å²) in [5, 5.41) is 13.8. The van der Waals surface area contributed by atoms with Crippen LogP contribution < -0.4 is 15.5 Å². The summed E-state index contributed by atoms with van der Waals surface area (Å²) in [4.78, 5) is 25.3. The Labute approximate surface area is 136 Å². The van der Waals surface area contributed by atoms with E-state index in [9.17, 15) is 27.9 Å². The Bertz CT molecular complexity index is 646. The first kappa shape index (κ1) is 18.1. The van der Waals surface area contributed by atoms with Crippen LogP contribution in [0.15, 0.2) is 24.3 Å². The number of carbonyl (C=O) groups excluding carboxylic acids is 2. The number of Topliss-reactive ketones (excluding diaryl/α,β-unsaturated/α-hetero) is 1. The quantitative estimate of drug-likeness (QED) is 0.777. The molecule has 1 aliphatic rings. The van der Waals surface area contributed by atoms with E-state index in [1.807, 2.05) is 0 Å². The molecular formula is C15H18F3N3O3. The Kier molecular flexibility index (Phi) is 4.49. The maximum atomic E-state index is 13.3. The average molecular weight is 345 g/mol. The number of hydrogen-bond donors (Lipinski definition) is 3. The fraction of sp³-hybridized carbons (Fsp3) is 0.467. The minimum Gasteiger partial charge on any atom is -0.378 e. The second kappa shape index (κ2) is 5.97. The van der Waals surface area contributed by atoms with Gasteiger partial charge in [0.05, 0.1) is 12.0 Å². The first-order valence-electron chi connectivity index (χ1n) is 7.13. The number of amides is 2. The molecule has 9 heteroatoms. The second-order valence-electron chi connectivity index (χ2n) is 5.91. The van der Waals surface area contributed by atoms with E-state index < -0.39 is 35.7 Å². The fourth-order valence-corrected chi connectivity index (χ4v) is 2.78. The first-order chi connectivity index (χ1) is 11.0.